The molecule has 0 rings (SSSR count). The molecule has 0 saturated heterocycles. The third-order valence-corrected chi connectivity index (χ3v) is 10.4. The molecule has 318 valence electrons. The number of carbonyl (C=O) groups is 3. The third-order valence-electron chi connectivity index (χ3n) is 10.4. The van der Waals surface area contributed by atoms with E-state index in [2.05, 4.69) is 26.0 Å². The van der Waals surface area contributed by atoms with Gasteiger partial charge in [-0.2, -0.15) is 0 Å². The van der Waals surface area contributed by atoms with Gasteiger partial charge < -0.3 is 23.8 Å². The second-order valence-electron chi connectivity index (χ2n) is 16.7. The topological polar surface area (TPSA) is 99.1 Å². The first-order valence-electron chi connectivity index (χ1n) is 22.7. The fraction of sp³-hybridized carbons (Fsp3) is 0.891. The molecule has 0 aliphatic heterocycles. The molecule has 0 saturated carbocycles. The van der Waals surface area contributed by atoms with Crippen molar-refractivity contribution in [2.45, 2.75) is 225 Å². The highest BCUT2D eigenvalue weighted by molar-refractivity contribution is 5.72. The number of likely N-dealkylation sites (N-methyl/N-ethyl adjacent to an activating group) is 1. The molecular weight excluding hydrogens is 679 g/mol. The zero-order chi connectivity index (χ0) is 40.0. The minimum absolute atomic E-state index is 0.0484. The van der Waals surface area contributed by atoms with Gasteiger partial charge in [-0.15, -0.1) is 0 Å². The fourth-order valence-corrected chi connectivity index (χ4v) is 6.85. The Balaban J connectivity index is 4.30. The highest BCUT2D eigenvalue weighted by atomic mass is 16.6. The second-order valence-corrected chi connectivity index (χ2v) is 16.7. The highest BCUT2D eigenvalue weighted by Crippen LogP contribution is 2.15. The van der Waals surface area contributed by atoms with Crippen LogP contribution in [-0.2, 0) is 28.6 Å². The number of quaternary nitrogens is 1. The van der Waals surface area contributed by atoms with Crippen LogP contribution in [0.3, 0.4) is 0 Å². The van der Waals surface area contributed by atoms with Crippen LogP contribution in [0.1, 0.15) is 213 Å². The molecule has 2 atom stereocenters. The van der Waals surface area contributed by atoms with Crippen LogP contribution in [-0.4, -0.2) is 80.6 Å². The lowest BCUT2D eigenvalue weighted by Gasteiger charge is -2.31. The van der Waals surface area contributed by atoms with Crippen molar-refractivity contribution in [2.24, 2.45) is 0 Å². The van der Waals surface area contributed by atoms with Gasteiger partial charge in [-0.3, -0.25) is 9.59 Å². The van der Waals surface area contributed by atoms with E-state index in [9.17, 15) is 19.5 Å². The third kappa shape index (κ3) is 35.8. The van der Waals surface area contributed by atoms with Gasteiger partial charge in [0.1, 0.15) is 6.61 Å². The summed E-state index contributed by atoms with van der Waals surface area (Å²) in [4.78, 5) is 36.9. The van der Waals surface area contributed by atoms with E-state index in [1.165, 1.54) is 128 Å². The molecule has 0 amide bonds. The summed E-state index contributed by atoms with van der Waals surface area (Å²) in [5.74, 6) is -1.46. The molecule has 8 nitrogen and oxygen atoms in total. The molecule has 1 N–H and O–H groups in total. The number of rotatable bonds is 41. The number of aliphatic carboxylic acids is 1. The van der Waals surface area contributed by atoms with E-state index in [-0.39, 0.29) is 36.2 Å². The van der Waals surface area contributed by atoms with Gasteiger partial charge in [0.05, 0.1) is 34.4 Å². The van der Waals surface area contributed by atoms with Crippen LogP contribution in [0.5, 0.6) is 0 Å². The standard InChI is InChI=1S/C46H87NO7/c1-6-8-10-12-14-16-18-20-21-22-23-24-25-27-29-31-33-35-37-45(49)54-42(40-52-39-38-43(46(50)51)47(3,4)5)41-53-44(48)36-34-32-30-28-26-19-17-15-13-11-9-7-2/h23-24,42-43H,6-22,25-41H2,1-5H3/p+1/b24-23+. The Bertz CT molecular complexity index is 900. The van der Waals surface area contributed by atoms with Crippen LogP contribution in [0, 0.1) is 0 Å². The van der Waals surface area contributed by atoms with Gasteiger partial charge in [-0.25, -0.2) is 4.79 Å². The van der Waals surface area contributed by atoms with E-state index in [0.29, 0.717) is 19.3 Å². The summed E-state index contributed by atoms with van der Waals surface area (Å²) in [6.45, 7) is 4.75. The number of carboxylic acid groups (broad SMARTS) is 1. The molecule has 0 heterocycles. The molecule has 0 aliphatic rings. The predicted octanol–water partition coefficient (Wildman–Crippen LogP) is 12.3. The summed E-state index contributed by atoms with van der Waals surface area (Å²) in [6.07, 6.45) is 39.6. The fourth-order valence-electron chi connectivity index (χ4n) is 6.85. The van der Waals surface area contributed by atoms with E-state index < -0.39 is 18.1 Å². The van der Waals surface area contributed by atoms with Gasteiger partial charge in [0.15, 0.2) is 12.1 Å². The number of allylic oxidation sites excluding steroid dienone is 2. The molecule has 0 spiro atoms. The number of carboxylic acids is 1. The minimum atomic E-state index is -0.873. The lowest BCUT2D eigenvalue weighted by Crippen LogP contribution is -2.50. The normalized spacial score (nSPS) is 13.0. The molecule has 0 aromatic heterocycles. The average Bonchev–Trinajstić information content (AvgIpc) is 3.12. The van der Waals surface area contributed by atoms with Crippen LogP contribution in [0.2, 0.25) is 0 Å². The summed E-state index contributed by atoms with van der Waals surface area (Å²) in [5.41, 5.74) is 0. The summed E-state index contributed by atoms with van der Waals surface area (Å²) < 4.78 is 17.3. The van der Waals surface area contributed by atoms with Crippen molar-refractivity contribution in [3.05, 3.63) is 12.2 Å². The summed E-state index contributed by atoms with van der Waals surface area (Å²) in [5, 5.41) is 9.61. The molecule has 0 aliphatic carbocycles. The number of carbonyl (C=O) groups excluding carboxylic acids is 2. The monoisotopic (exact) mass is 767 g/mol. The molecule has 54 heavy (non-hydrogen) atoms. The van der Waals surface area contributed by atoms with Crippen molar-refractivity contribution in [2.75, 3.05) is 41.0 Å². The maximum atomic E-state index is 12.7. The van der Waals surface area contributed by atoms with Crippen molar-refractivity contribution >= 4 is 17.9 Å². The number of ether oxygens (including phenoxy) is 3. The molecule has 0 radical (unpaired) electrons. The number of unbranched alkanes of at least 4 members (excludes halogenated alkanes) is 25. The highest BCUT2D eigenvalue weighted by Gasteiger charge is 2.31. The Kier molecular flexibility index (Phi) is 36.6. The maximum absolute atomic E-state index is 12.7. The van der Waals surface area contributed by atoms with Crippen LogP contribution in [0.15, 0.2) is 12.2 Å². The van der Waals surface area contributed by atoms with E-state index in [1.807, 2.05) is 21.1 Å². The van der Waals surface area contributed by atoms with E-state index >= 15 is 0 Å². The van der Waals surface area contributed by atoms with Crippen molar-refractivity contribution < 1.29 is 38.2 Å². The van der Waals surface area contributed by atoms with Crippen LogP contribution in [0.25, 0.3) is 0 Å². The zero-order valence-electron chi connectivity index (χ0n) is 36.2. The maximum Gasteiger partial charge on any atom is 0.362 e. The van der Waals surface area contributed by atoms with Gasteiger partial charge >= 0.3 is 17.9 Å². The Labute approximate surface area is 333 Å². The summed E-state index contributed by atoms with van der Waals surface area (Å²) in [7, 11) is 5.53. The number of esters is 2. The van der Waals surface area contributed by atoms with Crippen molar-refractivity contribution in [1.82, 2.24) is 0 Å². The van der Waals surface area contributed by atoms with Crippen LogP contribution >= 0.6 is 0 Å². The molecule has 0 bridgehead atoms. The van der Waals surface area contributed by atoms with Gasteiger partial charge in [-0.05, 0) is 38.5 Å². The summed E-state index contributed by atoms with van der Waals surface area (Å²) >= 11 is 0. The van der Waals surface area contributed by atoms with Crippen LogP contribution in [0.4, 0.5) is 0 Å². The first kappa shape index (κ1) is 52.1. The largest absolute Gasteiger partial charge is 0.477 e. The quantitative estimate of drug-likeness (QED) is 0.0286. The number of nitrogens with zero attached hydrogens (tertiary/aromatic N) is 1. The van der Waals surface area contributed by atoms with Gasteiger partial charge in [0.2, 0.25) is 0 Å². The Morgan fingerprint density at radius 1 is 0.537 bits per heavy atom. The van der Waals surface area contributed by atoms with Crippen molar-refractivity contribution in [3.63, 3.8) is 0 Å². The van der Waals surface area contributed by atoms with Crippen molar-refractivity contribution in [1.29, 1.82) is 0 Å². The number of hydrogen-bond acceptors (Lipinski definition) is 6. The Hall–Kier alpha value is -1.93. The minimum Gasteiger partial charge on any atom is -0.477 e. The molecule has 2 unspecified atom stereocenters. The predicted molar refractivity (Wildman–Crippen MR) is 225 cm³/mol. The molecule has 8 heteroatoms. The molecule has 0 aromatic rings. The Morgan fingerprint density at radius 3 is 1.33 bits per heavy atom. The van der Waals surface area contributed by atoms with Gasteiger partial charge in [-0.1, -0.05) is 167 Å². The lowest BCUT2D eigenvalue weighted by molar-refractivity contribution is -0.887. The smallest absolute Gasteiger partial charge is 0.362 e. The molecule has 0 fully saturated rings. The van der Waals surface area contributed by atoms with Gasteiger partial charge in [0, 0.05) is 19.3 Å². The summed E-state index contributed by atoms with van der Waals surface area (Å²) in [6, 6.07) is -0.611. The van der Waals surface area contributed by atoms with E-state index in [4.69, 9.17) is 14.2 Å². The number of hydrogen-bond donors (Lipinski definition) is 1. The first-order valence-corrected chi connectivity index (χ1v) is 22.7. The molecular formula is C46H88NO7+. The van der Waals surface area contributed by atoms with E-state index in [1.54, 1.807) is 0 Å². The SMILES string of the molecule is CCCCCCCCCCC/C=C/CCCCCCCC(=O)OC(COCCC(C(=O)O)[N+](C)(C)C)COC(=O)CCCCCCCCCCCCCC. The zero-order valence-corrected chi connectivity index (χ0v) is 36.2. The average molecular weight is 767 g/mol. The van der Waals surface area contributed by atoms with Crippen LogP contribution < -0.4 is 0 Å². The first-order chi connectivity index (χ1) is 26.1. The van der Waals surface area contributed by atoms with Gasteiger partial charge in [0.25, 0.3) is 0 Å². The molecule has 0 aromatic carbocycles. The Morgan fingerprint density at radius 2 is 0.926 bits per heavy atom. The second kappa shape index (κ2) is 38.0. The lowest BCUT2D eigenvalue weighted by atomic mass is 10.0. The van der Waals surface area contributed by atoms with Crippen molar-refractivity contribution in [3.8, 4) is 0 Å². The van der Waals surface area contributed by atoms with E-state index in [0.717, 1.165) is 51.4 Å².